The molecule has 1 aliphatic heterocycles. The molecule has 4 rings (SSSR count). The van der Waals surface area contributed by atoms with Gasteiger partial charge < -0.3 is 9.67 Å². The Morgan fingerprint density at radius 1 is 0.957 bits per heavy atom. The summed E-state index contributed by atoms with van der Waals surface area (Å²) in [6.45, 7) is 0. The maximum absolute atomic E-state index is 13.0. The van der Waals surface area contributed by atoms with Crippen molar-refractivity contribution in [2.24, 2.45) is 0 Å². The number of carbonyl (C=O) groups excluding carboxylic acids is 2. The Morgan fingerprint density at radius 2 is 1.61 bits per heavy atom. The van der Waals surface area contributed by atoms with Crippen LogP contribution in [-0.2, 0) is 10.3 Å². The number of aromatic nitrogens is 1. The third-order valence-corrected chi connectivity index (χ3v) is 5.08. The molecule has 0 bridgehead atoms. The SMILES string of the molecule is O=C1C(=CO)C(=O)C2(CCCC2)n2c1ccc2-c1ccccc1. The van der Waals surface area contributed by atoms with Gasteiger partial charge in [0.1, 0.15) is 11.1 Å². The van der Waals surface area contributed by atoms with Gasteiger partial charge in [-0.05, 0) is 30.5 Å². The van der Waals surface area contributed by atoms with Crippen molar-refractivity contribution in [1.29, 1.82) is 0 Å². The van der Waals surface area contributed by atoms with Gasteiger partial charge in [0.2, 0.25) is 5.78 Å². The van der Waals surface area contributed by atoms with Crippen molar-refractivity contribution in [3.05, 3.63) is 60.0 Å². The summed E-state index contributed by atoms with van der Waals surface area (Å²) in [5.41, 5.74) is 1.55. The third-order valence-electron chi connectivity index (χ3n) is 5.08. The van der Waals surface area contributed by atoms with Gasteiger partial charge in [-0.2, -0.15) is 0 Å². The molecule has 1 aromatic heterocycles. The molecule has 1 aromatic carbocycles. The van der Waals surface area contributed by atoms with Gasteiger partial charge in [0, 0.05) is 5.69 Å². The van der Waals surface area contributed by atoms with Gasteiger partial charge in [0.15, 0.2) is 5.78 Å². The van der Waals surface area contributed by atoms with E-state index in [1.54, 1.807) is 6.07 Å². The van der Waals surface area contributed by atoms with E-state index in [1.807, 2.05) is 41.0 Å². The molecule has 4 nitrogen and oxygen atoms in total. The van der Waals surface area contributed by atoms with Crippen LogP contribution in [0.2, 0.25) is 0 Å². The normalized spacial score (nSPS) is 21.1. The highest BCUT2D eigenvalue weighted by Crippen LogP contribution is 2.46. The summed E-state index contributed by atoms with van der Waals surface area (Å²) in [6.07, 6.45) is 3.99. The van der Waals surface area contributed by atoms with Gasteiger partial charge in [-0.1, -0.05) is 43.2 Å². The van der Waals surface area contributed by atoms with Crippen molar-refractivity contribution in [2.75, 3.05) is 0 Å². The van der Waals surface area contributed by atoms with Crippen molar-refractivity contribution < 1.29 is 14.7 Å². The number of rotatable bonds is 1. The summed E-state index contributed by atoms with van der Waals surface area (Å²) < 4.78 is 1.92. The average Bonchev–Trinajstić information content (AvgIpc) is 3.23. The smallest absolute Gasteiger partial charge is 0.216 e. The summed E-state index contributed by atoms with van der Waals surface area (Å²) in [5, 5.41) is 9.41. The van der Waals surface area contributed by atoms with Gasteiger partial charge >= 0.3 is 0 Å². The summed E-state index contributed by atoms with van der Waals surface area (Å²) >= 11 is 0. The van der Waals surface area contributed by atoms with E-state index in [9.17, 15) is 14.7 Å². The van der Waals surface area contributed by atoms with E-state index in [-0.39, 0.29) is 11.4 Å². The van der Waals surface area contributed by atoms with E-state index in [0.717, 1.165) is 24.1 Å². The summed E-state index contributed by atoms with van der Waals surface area (Å²) in [7, 11) is 0. The molecule has 1 N–H and O–H groups in total. The second-order valence-corrected chi connectivity index (χ2v) is 6.24. The molecule has 116 valence electrons. The number of benzene rings is 1. The van der Waals surface area contributed by atoms with Crippen molar-refractivity contribution in [1.82, 2.24) is 4.57 Å². The van der Waals surface area contributed by atoms with Gasteiger partial charge in [-0.15, -0.1) is 0 Å². The monoisotopic (exact) mass is 307 g/mol. The quantitative estimate of drug-likeness (QED) is 0.497. The minimum atomic E-state index is -0.730. The first-order valence-electron chi connectivity index (χ1n) is 7.90. The summed E-state index contributed by atoms with van der Waals surface area (Å²) in [6, 6.07) is 13.5. The predicted molar refractivity (Wildman–Crippen MR) is 86.4 cm³/mol. The number of aliphatic hydroxyl groups excluding tert-OH is 1. The fourth-order valence-corrected chi connectivity index (χ4v) is 4.03. The molecule has 23 heavy (non-hydrogen) atoms. The summed E-state index contributed by atoms with van der Waals surface area (Å²) in [5.74, 6) is -0.638. The van der Waals surface area contributed by atoms with E-state index in [0.29, 0.717) is 24.8 Å². The predicted octanol–water partition coefficient (Wildman–Crippen LogP) is 3.63. The maximum Gasteiger partial charge on any atom is 0.216 e. The van der Waals surface area contributed by atoms with Crippen LogP contribution in [0.1, 0.15) is 36.2 Å². The number of Topliss-reactive ketones (excluding diaryl/α,β-unsaturated/α-hetero) is 2. The first-order valence-corrected chi connectivity index (χ1v) is 7.90. The largest absolute Gasteiger partial charge is 0.515 e. The number of ketones is 2. The lowest BCUT2D eigenvalue weighted by Gasteiger charge is -2.37. The molecule has 1 fully saturated rings. The van der Waals surface area contributed by atoms with Crippen LogP contribution in [0, 0.1) is 0 Å². The Hall–Kier alpha value is -2.62. The number of carbonyl (C=O) groups is 2. The first-order chi connectivity index (χ1) is 11.2. The molecular weight excluding hydrogens is 290 g/mol. The Bertz CT molecular complexity index is 824. The second-order valence-electron chi connectivity index (χ2n) is 6.24. The van der Waals surface area contributed by atoms with Crippen LogP contribution in [-0.4, -0.2) is 21.2 Å². The van der Waals surface area contributed by atoms with Gasteiger partial charge in [0.05, 0.1) is 12.0 Å². The minimum absolute atomic E-state index is 0.0860. The zero-order chi connectivity index (χ0) is 16.0. The average molecular weight is 307 g/mol. The molecule has 0 unspecified atom stereocenters. The minimum Gasteiger partial charge on any atom is -0.515 e. The molecule has 0 atom stereocenters. The number of allylic oxidation sites excluding steroid dienone is 1. The van der Waals surface area contributed by atoms with E-state index in [1.165, 1.54) is 0 Å². The first kappa shape index (κ1) is 14.0. The number of hydrogen-bond acceptors (Lipinski definition) is 3. The van der Waals surface area contributed by atoms with Gasteiger partial charge in [-0.25, -0.2) is 0 Å². The van der Waals surface area contributed by atoms with E-state index in [2.05, 4.69) is 0 Å². The zero-order valence-corrected chi connectivity index (χ0v) is 12.7. The molecule has 1 spiro atoms. The van der Waals surface area contributed by atoms with Crippen molar-refractivity contribution in [3.63, 3.8) is 0 Å². The lowest BCUT2D eigenvalue weighted by Crippen LogP contribution is -2.47. The number of nitrogens with zero attached hydrogens (tertiary/aromatic N) is 1. The second kappa shape index (κ2) is 4.95. The molecule has 1 aliphatic carbocycles. The molecule has 2 heterocycles. The maximum atomic E-state index is 13.0. The Morgan fingerprint density at radius 3 is 2.26 bits per heavy atom. The van der Waals surface area contributed by atoms with Crippen LogP contribution in [0.15, 0.2) is 54.3 Å². The van der Waals surface area contributed by atoms with E-state index >= 15 is 0 Å². The number of fused-ring (bicyclic) bond motifs is 2. The fraction of sp³-hybridized carbons (Fsp3) is 0.263. The van der Waals surface area contributed by atoms with Crippen molar-refractivity contribution >= 4 is 11.6 Å². The highest BCUT2D eigenvalue weighted by molar-refractivity contribution is 6.30. The highest BCUT2D eigenvalue weighted by Gasteiger charge is 2.51. The number of hydrogen-bond donors (Lipinski definition) is 1. The molecule has 0 amide bonds. The highest BCUT2D eigenvalue weighted by atomic mass is 16.2. The molecule has 2 aliphatic rings. The molecule has 4 heteroatoms. The van der Waals surface area contributed by atoms with Gasteiger partial charge in [-0.3, -0.25) is 9.59 Å². The van der Waals surface area contributed by atoms with Crippen molar-refractivity contribution in [3.8, 4) is 11.3 Å². The van der Waals surface area contributed by atoms with Crippen LogP contribution in [0.5, 0.6) is 0 Å². The fourth-order valence-electron chi connectivity index (χ4n) is 4.03. The molecule has 2 aromatic rings. The van der Waals surface area contributed by atoms with Gasteiger partial charge in [0.25, 0.3) is 0 Å². The Balaban J connectivity index is 2.02. The standard InChI is InChI=1S/C19H17NO3/c21-12-14-17(22)16-9-8-15(13-6-2-1-3-7-13)20(16)19(18(14)23)10-4-5-11-19/h1-3,6-9,12,21H,4-5,10-11H2. The van der Waals surface area contributed by atoms with Crippen LogP contribution in [0.25, 0.3) is 11.3 Å². The van der Waals surface area contributed by atoms with E-state index < -0.39 is 11.3 Å². The van der Waals surface area contributed by atoms with Crippen LogP contribution in [0.3, 0.4) is 0 Å². The van der Waals surface area contributed by atoms with Crippen LogP contribution < -0.4 is 0 Å². The Labute approximate surface area is 134 Å². The third kappa shape index (κ3) is 1.78. The zero-order valence-electron chi connectivity index (χ0n) is 12.7. The summed E-state index contributed by atoms with van der Waals surface area (Å²) in [4.78, 5) is 25.5. The van der Waals surface area contributed by atoms with E-state index in [4.69, 9.17) is 0 Å². The Kier molecular flexibility index (Phi) is 3.01. The van der Waals surface area contributed by atoms with Crippen LogP contribution >= 0.6 is 0 Å². The van der Waals surface area contributed by atoms with Crippen molar-refractivity contribution in [2.45, 2.75) is 31.2 Å². The molecule has 0 radical (unpaired) electrons. The lowest BCUT2D eigenvalue weighted by molar-refractivity contribution is -0.123. The molecule has 0 saturated heterocycles. The van der Waals surface area contributed by atoms with Crippen LogP contribution in [0.4, 0.5) is 0 Å². The lowest BCUT2D eigenvalue weighted by atomic mass is 9.81. The molecule has 1 saturated carbocycles. The molecular formula is C19H17NO3. The number of aliphatic hydroxyl groups is 1. The topological polar surface area (TPSA) is 59.3 Å².